The Morgan fingerprint density at radius 1 is 1.19 bits per heavy atom. The first-order valence-corrected chi connectivity index (χ1v) is 12.1. The van der Waals surface area contributed by atoms with Crippen molar-refractivity contribution >= 4 is 27.5 Å². The molecule has 0 spiro atoms. The lowest BCUT2D eigenvalue weighted by Gasteiger charge is -2.31. The zero-order chi connectivity index (χ0) is 22.7. The van der Waals surface area contributed by atoms with Crippen molar-refractivity contribution in [2.45, 2.75) is 31.2 Å². The lowest BCUT2D eigenvalue weighted by molar-refractivity contribution is -0.126. The number of aromatic nitrogens is 2. The molecule has 2 aromatic carbocycles. The van der Waals surface area contributed by atoms with Gasteiger partial charge in [0.15, 0.2) is 0 Å². The van der Waals surface area contributed by atoms with Crippen LogP contribution in [0.5, 0.6) is 0 Å². The van der Waals surface area contributed by atoms with E-state index in [1.165, 1.54) is 4.31 Å². The van der Waals surface area contributed by atoms with Gasteiger partial charge >= 0.3 is 0 Å². The van der Waals surface area contributed by atoms with Gasteiger partial charge in [-0.15, -0.1) is 0 Å². The van der Waals surface area contributed by atoms with Gasteiger partial charge in [-0.25, -0.2) is 8.42 Å². The van der Waals surface area contributed by atoms with E-state index in [2.05, 4.69) is 15.5 Å². The van der Waals surface area contributed by atoms with Crippen LogP contribution in [0.25, 0.3) is 11.4 Å². The third-order valence-corrected chi connectivity index (χ3v) is 7.53. The Morgan fingerprint density at radius 3 is 2.62 bits per heavy atom. The molecular formula is C22H23ClN4O4S. The van der Waals surface area contributed by atoms with Crippen LogP contribution in [0.15, 0.2) is 57.9 Å². The average molecular weight is 475 g/mol. The Morgan fingerprint density at radius 2 is 1.91 bits per heavy atom. The Kier molecular flexibility index (Phi) is 6.59. The second-order valence-electron chi connectivity index (χ2n) is 7.75. The Balaban J connectivity index is 1.36. The number of hydrogen-bond donors (Lipinski definition) is 1. The van der Waals surface area contributed by atoms with E-state index >= 15 is 0 Å². The van der Waals surface area contributed by atoms with E-state index in [1.54, 1.807) is 48.5 Å². The summed E-state index contributed by atoms with van der Waals surface area (Å²) in [5.74, 6) is -0.00938. The van der Waals surface area contributed by atoms with Gasteiger partial charge in [-0.2, -0.15) is 9.29 Å². The fraction of sp³-hybridized carbons (Fsp3) is 0.318. The van der Waals surface area contributed by atoms with Crippen molar-refractivity contribution in [3.05, 3.63) is 65.0 Å². The number of rotatable bonds is 6. The number of nitrogens with one attached hydrogen (secondary N) is 1. The zero-order valence-electron chi connectivity index (χ0n) is 17.5. The van der Waals surface area contributed by atoms with E-state index < -0.39 is 15.9 Å². The number of amides is 1. The van der Waals surface area contributed by atoms with Crippen LogP contribution in [-0.2, 0) is 21.4 Å². The predicted molar refractivity (Wildman–Crippen MR) is 119 cm³/mol. The summed E-state index contributed by atoms with van der Waals surface area (Å²) in [5.41, 5.74) is 1.74. The second kappa shape index (κ2) is 9.40. The summed E-state index contributed by atoms with van der Waals surface area (Å²) < 4.78 is 32.5. The number of benzene rings is 2. The van der Waals surface area contributed by atoms with Gasteiger partial charge in [0.2, 0.25) is 27.6 Å². The third kappa shape index (κ3) is 5.01. The lowest BCUT2D eigenvalue weighted by Crippen LogP contribution is -2.45. The molecule has 1 aromatic heterocycles. The quantitative estimate of drug-likeness (QED) is 0.586. The molecule has 1 saturated heterocycles. The molecule has 2 heterocycles. The van der Waals surface area contributed by atoms with E-state index in [0.717, 1.165) is 11.1 Å². The minimum atomic E-state index is -3.64. The molecule has 8 nitrogen and oxygen atoms in total. The maximum Gasteiger partial charge on any atom is 0.246 e. The molecule has 0 radical (unpaired) electrons. The van der Waals surface area contributed by atoms with Gasteiger partial charge in [0, 0.05) is 23.7 Å². The van der Waals surface area contributed by atoms with Crippen molar-refractivity contribution in [3.63, 3.8) is 0 Å². The molecule has 3 aromatic rings. The first kappa shape index (κ1) is 22.4. The second-order valence-corrected chi connectivity index (χ2v) is 10.1. The molecule has 1 amide bonds. The van der Waals surface area contributed by atoms with Crippen molar-refractivity contribution in [1.29, 1.82) is 0 Å². The van der Waals surface area contributed by atoms with Crippen molar-refractivity contribution < 1.29 is 17.7 Å². The molecule has 1 fully saturated rings. The summed E-state index contributed by atoms with van der Waals surface area (Å²) in [6, 6.07) is 13.8. The van der Waals surface area contributed by atoms with Crippen LogP contribution in [0.2, 0.25) is 5.02 Å². The van der Waals surface area contributed by atoms with Gasteiger partial charge in [-0.05, 0) is 56.2 Å². The van der Waals surface area contributed by atoms with Crippen LogP contribution < -0.4 is 5.32 Å². The summed E-state index contributed by atoms with van der Waals surface area (Å²) >= 11 is 5.89. The molecule has 1 N–H and O–H groups in total. The third-order valence-electron chi connectivity index (χ3n) is 5.40. The summed E-state index contributed by atoms with van der Waals surface area (Å²) in [7, 11) is -3.64. The molecule has 0 bridgehead atoms. The van der Waals surface area contributed by atoms with Crippen LogP contribution in [0, 0.1) is 12.8 Å². The summed E-state index contributed by atoms with van der Waals surface area (Å²) in [6.45, 7) is 2.51. The lowest BCUT2D eigenvalue weighted by atomic mass is 9.99. The van der Waals surface area contributed by atoms with Gasteiger partial charge in [-0.1, -0.05) is 34.5 Å². The van der Waals surface area contributed by atoms with E-state index in [1.807, 2.05) is 6.92 Å². The minimum absolute atomic E-state index is 0.0701. The highest BCUT2D eigenvalue weighted by Crippen LogP contribution is 2.24. The fourth-order valence-corrected chi connectivity index (χ4v) is 5.23. The van der Waals surface area contributed by atoms with Crippen LogP contribution >= 0.6 is 11.6 Å². The van der Waals surface area contributed by atoms with Crippen LogP contribution in [0.1, 0.15) is 24.3 Å². The molecule has 0 aliphatic carbocycles. The largest absolute Gasteiger partial charge is 0.347 e. The van der Waals surface area contributed by atoms with Crippen LogP contribution in [-0.4, -0.2) is 41.9 Å². The summed E-state index contributed by atoms with van der Waals surface area (Å²) in [6.07, 6.45) is 1.23. The number of aryl methyl sites for hydroxylation is 1. The highest BCUT2D eigenvalue weighted by atomic mass is 35.5. The van der Waals surface area contributed by atoms with Gasteiger partial charge in [0.1, 0.15) is 0 Å². The Bertz CT molecular complexity index is 1190. The zero-order valence-corrected chi connectivity index (χ0v) is 19.1. The highest BCUT2D eigenvalue weighted by molar-refractivity contribution is 7.89. The van der Waals surface area contributed by atoms with Crippen molar-refractivity contribution in [1.82, 2.24) is 19.8 Å². The molecular weight excluding hydrogens is 452 g/mol. The number of nitrogens with zero attached hydrogens (tertiary/aromatic N) is 3. The number of carbonyl (C=O) groups excluding carboxylic acids is 1. The van der Waals surface area contributed by atoms with E-state index in [9.17, 15) is 13.2 Å². The smallest absolute Gasteiger partial charge is 0.246 e. The molecule has 0 unspecified atom stereocenters. The topological polar surface area (TPSA) is 105 Å². The molecule has 1 aliphatic heterocycles. The number of sulfonamides is 1. The Labute approximate surface area is 191 Å². The molecule has 1 atom stereocenters. The van der Waals surface area contributed by atoms with Gasteiger partial charge in [0.05, 0.1) is 17.4 Å². The molecule has 1 aliphatic rings. The minimum Gasteiger partial charge on any atom is -0.347 e. The van der Waals surface area contributed by atoms with Crippen molar-refractivity contribution in [2.75, 3.05) is 13.1 Å². The predicted octanol–water partition coefficient (Wildman–Crippen LogP) is 3.42. The first-order valence-electron chi connectivity index (χ1n) is 10.3. The number of hydrogen-bond acceptors (Lipinski definition) is 6. The van der Waals surface area contributed by atoms with E-state index in [-0.39, 0.29) is 29.8 Å². The highest BCUT2D eigenvalue weighted by Gasteiger charge is 2.33. The molecule has 0 saturated carbocycles. The fourth-order valence-electron chi connectivity index (χ4n) is 3.58. The normalized spacial score (nSPS) is 17.2. The maximum absolute atomic E-state index is 13.0. The van der Waals surface area contributed by atoms with Crippen LogP contribution in [0.3, 0.4) is 0 Å². The van der Waals surface area contributed by atoms with Gasteiger partial charge < -0.3 is 9.84 Å². The molecule has 168 valence electrons. The molecule has 4 rings (SSSR count). The number of piperidine rings is 1. The standard InChI is InChI=1S/C22H23ClN4O4S/c1-15-4-10-19(11-5-15)32(29,30)27-12-2-3-17(14-27)22(28)24-13-20-25-21(26-31-20)16-6-8-18(23)9-7-16/h4-11,17H,2-3,12-14H2,1H3,(H,24,28)/t17-/m0/s1. The SMILES string of the molecule is Cc1ccc(S(=O)(=O)N2CCC[C@H](C(=O)NCc3nc(-c4ccc(Cl)cc4)no3)C2)cc1. The van der Waals surface area contributed by atoms with Gasteiger partial charge in [0.25, 0.3) is 0 Å². The van der Waals surface area contributed by atoms with Crippen LogP contribution in [0.4, 0.5) is 0 Å². The Hall–Kier alpha value is -2.75. The number of halogens is 1. The summed E-state index contributed by atoms with van der Waals surface area (Å²) in [5, 5.41) is 7.31. The first-order chi connectivity index (χ1) is 15.3. The van der Waals surface area contributed by atoms with E-state index in [0.29, 0.717) is 30.2 Å². The van der Waals surface area contributed by atoms with Crippen molar-refractivity contribution in [3.8, 4) is 11.4 Å². The van der Waals surface area contributed by atoms with E-state index in [4.69, 9.17) is 16.1 Å². The number of carbonyl (C=O) groups is 1. The average Bonchev–Trinajstić information content (AvgIpc) is 3.27. The van der Waals surface area contributed by atoms with Gasteiger partial charge in [-0.3, -0.25) is 4.79 Å². The maximum atomic E-state index is 13.0. The monoisotopic (exact) mass is 474 g/mol. The summed E-state index contributed by atoms with van der Waals surface area (Å²) in [4.78, 5) is 17.2. The van der Waals surface area contributed by atoms with Crippen molar-refractivity contribution in [2.24, 2.45) is 5.92 Å². The molecule has 32 heavy (non-hydrogen) atoms. The molecule has 10 heteroatoms.